The lowest BCUT2D eigenvalue weighted by molar-refractivity contribution is -0.144. The molecule has 0 N–H and O–H groups in total. The van der Waals surface area contributed by atoms with Crippen LogP contribution in [0.3, 0.4) is 0 Å². The molecule has 6 nitrogen and oxygen atoms in total. The Morgan fingerprint density at radius 1 is 0.920 bits per heavy atom. The van der Waals surface area contributed by atoms with Gasteiger partial charge in [-0.05, 0) is 46.2 Å². The van der Waals surface area contributed by atoms with E-state index in [1.165, 1.54) is 32.4 Å². The minimum Gasteiger partial charge on any atom is -0.376 e. The highest BCUT2D eigenvalue weighted by Gasteiger charge is 2.28. The quantitative estimate of drug-likeness (QED) is 0.760. The molecule has 0 aromatic carbocycles. The van der Waals surface area contributed by atoms with Crippen molar-refractivity contribution >= 4 is 5.91 Å². The number of carbonyl (C=O) groups excluding carboxylic acids is 1. The lowest BCUT2D eigenvalue weighted by atomic mass is 10.1. The number of nitrogens with zero attached hydrogens (tertiary/aromatic N) is 3. The highest BCUT2D eigenvalue weighted by atomic mass is 16.5. The topological polar surface area (TPSA) is 45.2 Å². The Bertz CT molecular complexity index is 418. The largest absolute Gasteiger partial charge is 0.376 e. The Morgan fingerprint density at radius 3 is 2.32 bits per heavy atom. The van der Waals surface area contributed by atoms with E-state index < -0.39 is 0 Å². The first-order valence-corrected chi connectivity index (χ1v) is 10.1. The molecule has 3 rings (SSSR count). The van der Waals surface area contributed by atoms with Crippen molar-refractivity contribution in [3.8, 4) is 0 Å². The van der Waals surface area contributed by atoms with E-state index in [4.69, 9.17) is 9.47 Å². The molecule has 3 aliphatic rings. The average Bonchev–Trinajstić information content (AvgIpc) is 2.80. The summed E-state index contributed by atoms with van der Waals surface area (Å²) in [6, 6.07) is 0. The van der Waals surface area contributed by atoms with E-state index in [2.05, 4.69) is 9.80 Å². The number of hydrogen-bond acceptors (Lipinski definition) is 5. The first-order chi connectivity index (χ1) is 12.1. The van der Waals surface area contributed by atoms with Gasteiger partial charge in [-0.2, -0.15) is 0 Å². The van der Waals surface area contributed by atoms with Crippen molar-refractivity contribution in [1.82, 2.24) is 14.7 Å². The first-order valence-electron chi connectivity index (χ1n) is 10.1. The van der Waals surface area contributed by atoms with E-state index in [0.29, 0.717) is 19.6 Å². The van der Waals surface area contributed by atoms with Gasteiger partial charge < -0.3 is 19.3 Å². The van der Waals surface area contributed by atoms with Gasteiger partial charge in [0.2, 0.25) is 5.91 Å². The lowest BCUT2D eigenvalue weighted by Crippen LogP contribution is -2.52. The summed E-state index contributed by atoms with van der Waals surface area (Å²) in [4.78, 5) is 19.6. The molecule has 0 saturated carbocycles. The van der Waals surface area contributed by atoms with Crippen LogP contribution < -0.4 is 0 Å². The zero-order chi connectivity index (χ0) is 17.6. The molecule has 3 saturated heterocycles. The van der Waals surface area contributed by atoms with Crippen molar-refractivity contribution in [3.05, 3.63) is 0 Å². The van der Waals surface area contributed by atoms with E-state index in [-0.39, 0.29) is 24.2 Å². The summed E-state index contributed by atoms with van der Waals surface area (Å²) in [6.45, 7) is 12.1. The molecular formula is C19H35N3O3. The number of ether oxygens (including phenoxy) is 2. The molecule has 1 unspecified atom stereocenters. The molecule has 0 bridgehead atoms. The molecule has 25 heavy (non-hydrogen) atoms. The molecule has 3 atom stereocenters. The third kappa shape index (κ3) is 5.91. The second-order valence-electron chi connectivity index (χ2n) is 8.00. The molecule has 0 radical (unpaired) electrons. The minimum absolute atomic E-state index is 0.131. The third-order valence-electron chi connectivity index (χ3n) is 5.48. The fraction of sp³-hybridized carbons (Fsp3) is 0.947. The summed E-state index contributed by atoms with van der Waals surface area (Å²) >= 11 is 0. The molecule has 3 fully saturated rings. The van der Waals surface area contributed by atoms with Gasteiger partial charge in [0.05, 0.1) is 24.9 Å². The van der Waals surface area contributed by atoms with Crippen molar-refractivity contribution in [1.29, 1.82) is 0 Å². The molecule has 0 spiro atoms. The van der Waals surface area contributed by atoms with Crippen LogP contribution in [0.4, 0.5) is 0 Å². The van der Waals surface area contributed by atoms with Crippen LogP contribution in [-0.4, -0.2) is 97.9 Å². The molecule has 0 aliphatic carbocycles. The van der Waals surface area contributed by atoms with Gasteiger partial charge in [0.15, 0.2) is 0 Å². The van der Waals surface area contributed by atoms with Gasteiger partial charge in [-0.1, -0.05) is 6.42 Å². The molecular weight excluding hydrogens is 318 g/mol. The van der Waals surface area contributed by atoms with Crippen LogP contribution in [-0.2, 0) is 14.3 Å². The summed E-state index contributed by atoms with van der Waals surface area (Å²) in [5.41, 5.74) is 0. The van der Waals surface area contributed by atoms with Crippen molar-refractivity contribution in [2.24, 2.45) is 0 Å². The molecule has 0 aromatic heterocycles. The zero-order valence-electron chi connectivity index (χ0n) is 16.0. The average molecular weight is 354 g/mol. The van der Waals surface area contributed by atoms with Crippen molar-refractivity contribution in [2.75, 3.05) is 59.0 Å². The van der Waals surface area contributed by atoms with Crippen molar-refractivity contribution < 1.29 is 14.3 Å². The van der Waals surface area contributed by atoms with E-state index in [1.54, 1.807) is 0 Å². The summed E-state index contributed by atoms with van der Waals surface area (Å²) in [7, 11) is 0. The molecule has 3 aliphatic heterocycles. The minimum atomic E-state index is 0.131. The Labute approximate surface area is 152 Å². The number of rotatable bonds is 4. The normalized spacial score (nSPS) is 33.2. The molecule has 1 amide bonds. The Hall–Kier alpha value is -0.690. The van der Waals surface area contributed by atoms with Gasteiger partial charge in [-0.15, -0.1) is 0 Å². The Kier molecular flexibility index (Phi) is 7.10. The SMILES string of the molecule is C[C@@H]1CN(C(=O)CN2CCCOC(CN3CCCCC3)C2)C[C@H](C)O1. The van der Waals surface area contributed by atoms with E-state index >= 15 is 0 Å². The fourth-order valence-corrected chi connectivity index (χ4v) is 4.33. The lowest BCUT2D eigenvalue weighted by Gasteiger charge is -2.36. The molecule has 144 valence electrons. The van der Waals surface area contributed by atoms with Crippen LogP contribution in [0.5, 0.6) is 0 Å². The van der Waals surface area contributed by atoms with Crippen molar-refractivity contribution in [3.63, 3.8) is 0 Å². The fourth-order valence-electron chi connectivity index (χ4n) is 4.33. The highest BCUT2D eigenvalue weighted by molar-refractivity contribution is 5.78. The predicted molar refractivity (Wildman–Crippen MR) is 97.7 cm³/mol. The van der Waals surface area contributed by atoms with E-state index in [0.717, 1.165) is 32.7 Å². The van der Waals surface area contributed by atoms with E-state index in [9.17, 15) is 4.79 Å². The van der Waals surface area contributed by atoms with Crippen LogP contribution >= 0.6 is 0 Å². The van der Waals surface area contributed by atoms with Gasteiger partial charge in [0.25, 0.3) is 0 Å². The van der Waals surface area contributed by atoms with Gasteiger partial charge >= 0.3 is 0 Å². The number of morpholine rings is 1. The molecule has 0 aromatic rings. The second-order valence-corrected chi connectivity index (χ2v) is 8.00. The van der Waals surface area contributed by atoms with Gasteiger partial charge in [0.1, 0.15) is 0 Å². The number of amides is 1. The summed E-state index contributed by atoms with van der Waals surface area (Å²) < 4.78 is 11.8. The Morgan fingerprint density at radius 2 is 1.60 bits per heavy atom. The second kappa shape index (κ2) is 9.31. The molecule has 3 heterocycles. The maximum atomic E-state index is 12.7. The first kappa shape index (κ1) is 19.1. The predicted octanol–water partition coefficient (Wildman–Crippen LogP) is 1.20. The van der Waals surface area contributed by atoms with Gasteiger partial charge in [0, 0.05) is 39.3 Å². The van der Waals surface area contributed by atoms with Crippen LogP contribution in [0, 0.1) is 0 Å². The summed E-state index contributed by atoms with van der Waals surface area (Å²) in [5, 5.41) is 0. The highest BCUT2D eigenvalue weighted by Crippen LogP contribution is 2.14. The number of carbonyl (C=O) groups is 1. The van der Waals surface area contributed by atoms with Crippen LogP contribution in [0.1, 0.15) is 39.5 Å². The number of hydrogen-bond donors (Lipinski definition) is 0. The maximum absolute atomic E-state index is 12.7. The Balaban J connectivity index is 1.49. The smallest absolute Gasteiger partial charge is 0.236 e. The number of likely N-dealkylation sites (tertiary alicyclic amines) is 1. The van der Waals surface area contributed by atoms with E-state index in [1.807, 2.05) is 18.7 Å². The summed E-state index contributed by atoms with van der Waals surface area (Å²) in [6.07, 6.45) is 5.48. The van der Waals surface area contributed by atoms with Crippen LogP contribution in [0.2, 0.25) is 0 Å². The van der Waals surface area contributed by atoms with Gasteiger partial charge in [-0.25, -0.2) is 0 Å². The standard InChI is InChI=1S/C19H35N3O3/c1-16-11-22(12-17(2)25-16)19(23)15-21-9-6-10-24-18(14-21)13-20-7-4-3-5-8-20/h16-18H,3-15H2,1-2H3/t16-,17+,18?. The number of piperidine rings is 1. The third-order valence-corrected chi connectivity index (χ3v) is 5.48. The zero-order valence-corrected chi connectivity index (χ0v) is 16.0. The van der Waals surface area contributed by atoms with Crippen LogP contribution in [0.25, 0.3) is 0 Å². The molecule has 6 heteroatoms. The van der Waals surface area contributed by atoms with Crippen molar-refractivity contribution in [2.45, 2.75) is 57.8 Å². The summed E-state index contributed by atoms with van der Waals surface area (Å²) in [5.74, 6) is 0.237. The monoisotopic (exact) mass is 353 g/mol. The maximum Gasteiger partial charge on any atom is 0.236 e. The van der Waals surface area contributed by atoms with Gasteiger partial charge in [-0.3, -0.25) is 9.69 Å². The van der Waals surface area contributed by atoms with Crippen LogP contribution in [0.15, 0.2) is 0 Å².